The minimum atomic E-state index is -1.23. The van der Waals surface area contributed by atoms with E-state index in [4.69, 9.17) is 11.6 Å². The van der Waals surface area contributed by atoms with Crippen LogP contribution in [0.5, 0.6) is 0 Å². The van der Waals surface area contributed by atoms with Crippen LogP contribution in [0.3, 0.4) is 0 Å². The number of hydrogen-bond donors (Lipinski definition) is 1. The number of amides is 2. The quantitative estimate of drug-likeness (QED) is 0.280. The lowest BCUT2D eigenvalue weighted by molar-refractivity contribution is -0.136. The molecule has 1 fully saturated rings. The molecular formula is C34H36ClN3O2. The first-order chi connectivity index (χ1) is 19.5. The number of halogens is 1. The van der Waals surface area contributed by atoms with Gasteiger partial charge in [-0.05, 0) is 60.7 Å². The van der Waals surface area contributed by atoms with E-state index in [0.29, 0.717) is 17.3 Å². The predicted octanol–water partition coefficient (Wildman–Crippen LogP) is 7.38. The maximum absolute atomic E-state index is 14.8. The molecule has 6 rings (SSSR count). The van der Waals surface area contributed by atoms with Gasteiger partial charge in [0.05, 0.1) is 6.54 Å². The Morgan fingerprint density at radius 2 is 1.68 bits per heavy atom. The van der Waals surface area contributed by atoms with Gasteiger partial charge in [0.2, 0.25) is 0 Å². The van der Waals surface area contributed by atoms with Crippen molar-refractivity contribution >= 4 is 34.3 Å². The Labute approximate surface area is 241 Å². The Morgan fingerprint density at radius 3 is 2.42 bits per heavy atom. The monoisotopic (exact) mass is 553 g/mol. The molecule has 206 valence electrons. The lowest BCUT2D eigenvalue weighted by atomic mass is 9.83. The SMILES string of the molecule is Cc1ccc2cc3n(c2c1)C[C@](C(=O)NC1CCCCCCC1)(c1ccccc1)N(Cc1cccc(Cl)c1)C3=O. The second kappa shape index (κ2) is 11.1. The Balaban J connectivity index is 1.52. The molecule has 1 aromatic heterocycles. The van der Waals surface area contributed by atoms with Crippen LogP contribution < -0.4 is 5.32 Å². The van der Waals surface area contributed by atoms with Crippen LogP contribution in [-0.2, 0) is 23.4 Å². The van der Waals surface area contributed by atoms with Gasteiger partial charge >= 0.3 is 0 Å². The van der Waals surface area contributed by atoms with E-state index in [2.05, 4.69) is 35.0 Å². The van der Waals surface area contributed by atoms with Crippen LogP contribution in [0.25, 0.3) is 10.9 Å². The average Bonchev–Trinajstić information content (AvgIpc) is 3.29. The first kappa shape index (κ1) is 26.6. The van der Waals surface area contributed by atoms with Crippen molar-refractivity contribution in [3.63, 3.8) is 0 Å². The van der Waals surface area contributed by atoms with Crippen molar-refractivity contribution in [2.75, 3.05) is 0 Å². The fraction of sp³-hybridized carbons (Fsp3) is 0.353. The van der Waals surface area contributed by atoms with Crippen molar-refractivity contribution in [3.05, 3.63) is 106 Å². The first-order valence-corrected chi connectivity index (χ1v) is 14.9. The van der Waals surface area contributed by atoms with E-state index in [9.17, 15) is 9.59 Å². The van der Waals surface area contributed by atoms with Crippen molar-refractivity contribution in [1.82, 2.24) is 14.8 Å². The normalized spacial score (nSPS) is 20.1. The van der Waals surface area contributed by atoms with Crippen LogP contribution in [0.15, 0.2) is 78.9 Å². The molecule has 4 aromatic rings. The Bertz CT molecular complexity index is 1540. The van der Waals surface area contributed by atoms with Crippen molar-refractivity contribution in [1.29, 1.82) is 0 Å². The summed E-state index contributed by atoms with van der Waals surface area (Å²) in [6.45, 7) is 2.67. The molecular weight excluding hydrogens is 518 g/mol. The summed E-state index contributed by atoms with van der Waals surface area (Å²) in [5.74, 6) is -0.267. The van der Waals surface area contributed by atoms with Crippen LogP contribution in [0.4, 0.5) is 0 Å². The topological polar surface area (TPSA) is 54.3 Å². The summed E-state index contributed by atoms with van der Waals surface area (Å²) >= 11 is 6.37. The van der Waals surface area contributed by atoms with Gasteiger partial charge in [0.25, 0.3) is 11.8 Å². The van der Waals surface area contributed by atoms with Crippen LogP contribution in [0.1, 0.15) is 72.1 Å². The molecule has 1 aliphatic heterocycles. The average molecular weight is 554 g/mol. The van der Waals surface area contributed by atoms with E-state index in [-0.39, 0.29) is 24.4 Å². The zero-order valence-electron chi connectivity index (χ0n) is 23.0. The van der Waals surface area contributed by atoms with Crippen LogP contribution in [0, 0.1) is 6.92 Å². The minimum absolute atomic E-state index is 0.0987. The number of nitrogens with zero attached hydrogens (tertiary/aromatic N) is 2. The van der Waals surface area contributed by atoms with E-state index < -0.39 is 5.54 Å². The first-order valence-electron chi connectivity index (χ1n) is 14.5. The second-order valence-corrected chi connectivity index (χ2v) is 11.9. The molecule has 6 heteroatoms. The maximum atomic E-state index is 14.8. The second-order valence-electron chi connectivity index (χ2n) is 11.4. The molecule has 2 aliphatic rings. The third-order valence-electron chi connectivity index (χ3n) is 8.67. The number of nitrogens with one attached hydrogen (secondary N) is 1. The highest BCUT2D eigenvalue weighted by Gasteiger charge is 2.52. The molecule has 1 aliphatic carbocycles. The number of carbonyl (C=O) groups excluding carboxylic acids is 2. The molecule has 2 heterocycles. The fourth-order valence-corrected chi connectivity index (χ4v) is 6.77. The van der Waals surface area contributed by atoms with Crippen molar-refractivity contribution in [2.45, 2.75) is 76.5 Å². The number of aromatic nitrogens is 1. The summed E-state index contributed by atoms with van der Waals surface area (Å²) in [4.78, 5) is 31.1. The molecule has 3 aromatic carbocycles. The zero-order valence-corrected chi connectivity index (χ0v) is 23.8. The lowest BCUT2D eigenvalue weighted by Crippen LogP contribution is -2.64. The smallest absolute Gasteiger partial charge is 0.272 e. The largest absolute Gasteiger partial charge is 0.351 e. The molecule has 0 saturated heterocycles. The van der Waals surface area contributed by atoms with Gasteiger partial charge < -0.3 is 14.8 Å². The van der Waals surface area contributed by atoms with Crippen molar-refractivity contribution in [3.8, 4) is 0 Å². The lowest BCUT2D eigenvalue weighted by Gasteiger charge is -2.47. The highest BCUT2D eigenvalue weighted by atomic mass is 35.5. The van der Waals surface area contributed by atoms with E-state index in [1.807, 2.05) is 60.7 Å². The number of fused-ring (bicyclic) bond motifs is 3. The van der Waals surface area contributed by atoms with Gasteiger partial charge in [-0.1, -0.05) is 98.3 Å². The highest BCUT2D eigenvalue weighted by Crippen LogP contribution is 2.41. The van der Waals surface area contributed by atoms with Crippen molar-refractivity contribution < 1.29 is 9.59 Å². The number of carbonyl (C=O) groups is 2. The molecule has 1 atom stereocenters. The molecule has 0 radical (unpaired) electrons. The Morgan fingerprint density at radius 1 is 0.925 bits per heavy atom. The Hall–Kier alpha value is -3.57. The van der Waals surface area contributed by atoms with Gasteiger partial charge in [-0.15, -0.1) is 0 Å². The van der Waals surface area contributed by atoms with Crippen molar-refractivity contribution in [2.24, 2.45) is 0 Å². The molecule has 1 saturated carbocycles. The molecule has 5 nitrogen and oxygen atoms in total. The van der Waals surface area contributed by atoms with Crippen LogP contribution in [0.2, 0.25) is 5.02 Å². The summed E-state index contributed by atoms with van der Waals surface area (Å²) in [7, 11) is 0. The van der Waals surface area contributed by atoms with E-state index >= 15 is 0 Å². The number of hydrogen-bond acceptors (Lipinski definition) is 2. The Kier molecular flexibility index (Phi) is 7.41. The van der Waals surface area contributed by atoms with E-state index in [1.54, 1.807) is 4.90 Å². The molecule has 0 bridgehead atoms. The highest BCUT2D eigenvalue weighted by molar-refractivity contribution is 6.30. The molecule has 40 heavy (non-hydrogen) atoms. The summed E-state index contributed by atoms with van der Waals surface area (Å²) in [6, 6.07) is 25.7. The number of benzene rings is 3. The molecule has 1 N–H and O–H groups in total. The van der Waals surface area contributed by atoms with Gasteiger partial charge in [0.1, 0.15) is 5.69 Å². The maximum Gasteiger partial charge on any atom is 0.272 e. The van der Waals surface area contributed by atoms with E-state index in [1.165, 1.54) is 19.3 Å². The fourth-order valence-electron chi connectivity index (χ4n) is 6.55. The number of aryl methyl sites for hydroxylation is 1. The van der Waals surface area contributed by atoms with E-state index in [0.717, 1.165) is 53.3 Å². The molecule has 0 unspecified atom stereocenters. The molecule has 0 spiro atoms. The van der Waals surface area contributed by atoms with Gasteiger partial charge in [0, 0.05) is 28.5 Å². The van der Waals surface area contributed by atoms with Gasteiger partial charge in [-0.3, -0.25) is 9.59 Å². The summed E-state index contributed by atoms with van der Waals surface area (Å²) in [5.41, 5.74) is 3.17. The minimum Gasteiger partial charge on any atom is -0.351 e. The molecule has 2 amide bonds. The summed E-state index contributed by atoms with van der Waals surface area (Å²) < 4.78 is 2.06. The predicted molar refractivity (Wildman–Crippen MR) is 160 cm³/mol. The van der Waals surface area contributed by atoms with Crippen LogP contribution in [-0.4, -0.2) is 27.3 Å². The third-order valence-corrected chi connectivity index (χ3v) is 8.90. The number of rotatable bonds is 5. The summed E-state index contributed by atoms with van der Waals surface area (Å²) in [5, 5.41) is 5.06. The van der Waals surface area contributed by atoms with Crippen LogP contribution >= 0.6 is 11.6 Å². The summed E-state index contributed by atoms with van der Waals surface area (Å²) in [6.07, 6.45) is 7.83. The van der Waals surface area contributed by atoms with Gasteiger partial charge in [-0.25, -0.2) is 0 Å². The third kappa shape index (κ3) is 4.92. The standard InChI is InChI=1S/C34H36ClN3O2/c1-24-17-18-26-21-31-32(39)38(22-25-11-10-14-28(35)20-25)34(23-37(31)30(26)19-24,27-12-6-5-7-13-27)33(40)36-29-15-8-3-2-4-9-16-29/h5-7,10-14,17-21,29H,2-4,8-9,15-16,22-23H2,1H3,(H,36,40)/t34-/m1/s1. The van der Waals surface area contributed by atoms with Gasteiger partial charge in [-0.2, -0.15) is 0 Å². The zero-order chi connectivity index (χ0) is 27.7. The van der Waals surface area contributed by atoms with Gasteiger partial charge in [0.15, 0.2) is 5.54 Å².